The third-order valence-electron chi connectivity index (χ3n) is 3.29. The van der Waals surface area contributed by atoms with Crippen molar-refractivity contribution in [2.24, 2.45) is 0 Å². The lowest BCUT2D eigenvalue weighted by Crippen LogP contribution is -1.87. The fourth-order valence-corrected chi connectivity index (χ4v) is 3.26. The Morgan fingerprint density at radius 3 is 2.43 bits per heavy atom. The normalized spacial score (nSPS) is 10.6. The molecule has 3 aromatic rings. The van der Waals surface area contributed by atoms with E-state index >= 15 is 0 Å². The van der Waals surface area contributed by atoms with Crippen LogP contribution in [0.3, 0.4) is 0 Å². The van der Waals surface area contributed by atoms with Gasteiger partial charge in [0.1, 0.15) is 10.8 Å². The number of hydrogen-bond donors (Lipinski definition) is 0. The second-order valence-corrected chi connectivity index (χ2v) is 6.50. The number of thiazole rings is 1. The Hall–Kier alpha value is -1.65. The molecule has 21 heavy (non-hydrogen) atoms. The average molecular weight is 360 g/mol. The van der Waals surface area contributed by atoms with Gasteiger partial charge in [0.15, 0.2) is 0 Å². The summed E-state index contributed by atoms with van der Waals surface area (Å²) in [5.41, 5.74) is 4.39. The number of methoxy groups -OCH3 is 1. The molecule has 0 radical (unpaired) electrons. The van der Waals surface area contributed by atoms with E-state index in [-0.39, 0.29) is 0 Å². The van der Waals surface area contributed by atoms with Crippen LogP contribution in [0.25, 0.3) is 21.8 Å². The van der Waals surface area contributed by atoms with Crippen LogP contribution in [0.5, 0.6) is 5.75 Å². The first-order chi connectivity index (χ1) is 10.2. The van der Waals surface area contributed by atoms with Crippen molar-refractivity contribution in [1.29, 1.82) is 0 Å². The van der Waals surface area contributed by atoms with Gasteiger partial charge in [0.2, 0.25) is 0 Å². The van der Waals surface area contributed by atoms with E-state index in [1.807, 2.05) is 25.1 Å². The second-order valence-electron chi connectivity index (χ2n) is 4.73. The van der Waals surface area contributed by atoms with Gasteiger partial charge in [-0.1, -0.05) is 28.1 Å². The molecule has 0 spiro atoms. The summed E-state index contributed by atoms with van der Waals surface area (Å²) in [7, 11) is 1.69. The first-order valence-corrected chi connectivity index (χ1v) is 8.21. The summed E-state index contributed by atoms with van der Waals surface area (Å²) in [4.78, 5) is 4.74. The number of aromatic nitrogens is 1. The molecule has 0 aliphatic rings. The average Bonchev–Trinajstić information content (AvgIpc) is 2.98. The Kier molecular flexibility index (Phi) is 4.08. The second kappa shape index (κ2) is 6.00. The van der Waals surface area contributed by atoms with Crippen molar-refractivity contribution >= 4 is 27.3 Å². The third kappa shape index (κ3) is 3.01. The summed E-state index contributed by atoms with van der Waals surface area (Å²) in [6, 6.07) is 14.4. The number of nitrogens with zero attached hydrogens (tertiary/aromatic N) is 1. The highest BCUT2D eigenvalue weighted by atomic mass is 79.9. The minimum atomic E-state index is 0.906. The van der Waals surface area contributed by atoms with Gasteiger partial charge in [-0.2, -0.15) is 0 Å². The van der Waals surface area contributed by atoms with Crippen LogP contribution < -0.4 is 4.74 Å². The van der Waals surface area contributed by atoms with Crippen LogP contribution in [0.15, 0.2) is 52.3 Å². The summed E-state index contributed by atoms with van der Waals surface area (Å²) in [6.45, 7) is 2.05. The zero-order chi connectivity index (χ0) is 14.8. The van der Waals surface area contributed by atoms with Crippen molar-refractivity contribution in [3.8, 4) is 27.6 Å². The van der Waals surface area contributed by atoms with Crippen LogP contribution in [0, 0.1) is 6.92 Å². The van der Waals surface area contributed by atoms with Crippen molar-refractivity contribution in [1.82, 2.24) is 4.98 Å². The SMILES string of the molecule is COc1ccc(-c2nc(-c3ccc(Br)cc3)cs2)cc1C. The van der Waals surface area contributed by atoms with E-state index in [4.69, 9.17) is 9.72 Å². The Bertz CT molecular complexity index is 765. The molecule has 4 heteroatoms. The molecule has 1 aromatic heterocycles. The van der Waals surface area contributed by atoms with Crippen LogP contribution in [-0.4, -0.2) is 12.1 Å². The van der Waals surface area contributed by atoms with Gasteiger partial charge in [-0.05, 0) is 42.8 Å². The molecule has 0 saturated carbocycles. The topological polar surface area (TPSA) is 22.1 Å². The highest BCUT2D eigenvalue weighted by Crippen LogP contribution is 2.31. The van der Waals surface area contributed by atoms with Crippen molar-refractivity contribution in [3.63, 3.8) is 0 Å². The Morgan fingerprint density at radius 2 is 1.76 bits per heavy atom. The van der Waals surface area contributed by atoms with Crippen LogP contribution in [0.2, 0.25) is 0 Å². The molecule has 1 heterocycles. The van der Waals surface area contributed by atoms with E-state index in [1.165, 1.54) is 0 Å². The van der Waals surface area contributed by atoms with Crippen LogP contribution in [0.1, 0.15) is 5.56 Å². The van der Waals surface area contributed by atoms with Gasteiger partial charge in [-0.3, -0.25) is 0 Å². The quantitative estimate of drug-likeness (QED) is 0.610. The van der Waals surface area contributed by atoms with Gasteiger partial charge < -0.3 is 4.74 Å². The van der Waals surface area contributed by atoms with Crippen molar-refractivity contribution in [2.45, 2.75) is 6.92 Å². The molecule has 0 saturated heterocycles. The molecule has 0 atom stereocenters. The van der Waals surface area contributed by atoms with E-state index in [0.29, 0.717) is 0 Å². The lowest BCUT2D eigenvalue weighted by Gasteiger charge is -2.05. The van der Waals surface area contributed by atoms with Gasteiger partial charge in [0, 0.05) is 21.0 Å². The van der Waals surface area contributed by atoms with Crippen LogP contribution >= 0.6 is 27.3 Å². The maximum atomic E-state index is 5.30. The minimum absolute atomic E-state index is 0.906. The molecule has 0 bridgehead atoms. The first-order valence-electron chi connectivity index (χ1n) is 6.54. The zero-order valence-electron chi connectivity index (χ0n) is 11.8. The predicted octanol–water partition coefficient (Wildman–Crippen LogP) is 5.56. The van der Waals surface area contributed by atoms with Crippen LogP contribution in [-0.2, 0) is 0 Å². The maximum absolute atomic E-state index is 5.30. The Balaban J connectivity index is 1.94. The molecule has 0 aliphatic carbocycles. The van der Waals surface area contributed by atoms with E-state index in [1.54, 1.807) is 18.4 Å². The molecule has 106 valence electrons. The largest absolute Gasteiger partial charge is 0.496 e. The molecule has 3 rings (SSSR count). The lowest BCUT2D eigenvalue weighted by molar-refractivity contribution is 0.412. The van der Waals surface area contributed by atoms with E-state index in [0.717, 1.165) is 37.6 Å². The molecular formula is C17H14BrNOS. The molecule has 2 nitrogen and oxygen atoms in total. The van der Waals surface area contributed by atoms with E-state index < -0.39 is 0 Å². The number of aryl methyl sites for hydroxylation is 1. The number of rotatable bonds is 3. The zero-order valence-corrected chi connectivity index (χ0v) is 14.2. The van der Waals surface area contributed by atoms with Crippen molar-refractivity contribution in [3.05, 3.63) is 57.9 Å². The molecule has 0 aliphatic heterocycles. The molecule has 0 fully saturated rings. The van der Waals surface area contributed by atoms with E-state index in [9.17, 15) is 0 Å². The summed E-state index contributed by atoms with van der Waals surface area (Å²) >= 11 is 5.11. The first kappa shape index (κ1) is 14.3. The minimum Gasteiger partial charge on any atom is -0.496 e. The molecule has 0 amide bonds. The lowest BCUT2D eigenvalue weighted by atomic mass is 10.1. The highest BCUT2D eigenvalue weighted by Gasteiger charge is 2.08. The Labute approximate surface area is 136 Å². The van der Waals surface area contributed by atoms with Crippen molar-refractivity contribution < 1.29 is 4.74 Å². The van der Waals surface area contributed by atoms with Gasteiger partial charge >= 0.3 is 0 Å². The summed E-state index contributed by atoms with van der Waals surface area (Å²) in [5, 5.41) is 3.12. The summed E-state index contributed by atoms with van der Waals surface area (Å²) in [5.74, 6) is 0.906. The van der Waals surface area contributed by atoms with Gasteiger partial charge in [0.25, 0.3) is 0 Å². The number of hydrogen-bond acceptors (Lipinski definition) is 3. The molecular weight excluding hydrogens is 346 g/mol. The van der Waals surface area contributed by atoms with E-state index in [2.05, 4.69) is 45.6 Å². The Morgan fingerprint density at radius 1 is 1.05 bits per heavy atom. The van der Waals surface area contributed by atoms with Gasteiger partial charge in [-0.15, -0.1) is 11.3 Å². The smallest absolute Gasteiger partial charge is 0.124 e. The summed E-state index contributed by atoms with van der Waals surface area (Å²) < 4.78 is 6.38. The number of halogens is 1. The maximum Gasteiger partial charge on any atom is 0.124 e. The summed E-state index contributed by atoms with van der Waals surface area (Å²) in [6.07, 6.45) is 0. The van der Waals surface area contributed by atoms with Gasteiger partial charge in [-0.25, -0.2) is 4.98 Å². The predicted molar refractivity (Wildman–Crippen MR) is 92.0 cm³/mol. The standard InChI is InChI=1S/C17H14BrNOS/c1-11-9-13(5-8-16(11)20-2)17-19-15(10-21-17)12-3-6-14(18)7-4-12/h3-10H,1-2H3. The molecule has 0 unspecified atom stereocenters. The fraction of sp³-hybridized carbons (Fsp3) is 0.118. The molecule has 2 aromatic carbocycles. The molecule has 0 N–H and O–H groups in total. The fourth-order valence-electron chi connectivity index (χ4n) is 2.17. The van der Waals surface area contributed by atoms with Crippen molar-refractivity contribution in [2.75, 3.05) is 7.11 Å². The highest BCUT2D eigenvalue weighted by molar-refractivity contribution is 9.10. The third-order valence-corrected chi connectivity index (χ3v) is 4.71. The number of ether oxygens (including phenoxy) is 1. The monoisotopic (exact) mass is 359 g/mol. The van der Waals surface area contributed by atoms with Crippen LogP contribution in [0.4, 0.5) is 0 Å². The van der Waals surface area contributed by atoms with Gasteiger partial charge in [0.05, 0.1) is 12.8 Å². The number of benzene rings is 2.